The molecule has 0 bridgehead atoms. The Balaban J connectivity index is 1.63. The number of carbonyl (C=O) groups excluding carboxylic acids is 2. The van der Waals surface area contributed by atoms with Crippen molar-refractivity contribution in [1.82, 2.24) is 10.2 Å². The van der Waals surface area contributed by atoms with Gasteiger partial charge in [-0.15, -0.1) is 0 Å². The minimum absolute atomic E-state index is 0.123. The largest absolute Gasteiger partial charge is 0.394 e. The molecular weight excluding hydrogens is 316 g/mol. The van der Waals surface area contributed by atoms with Crippen LogP contribution in [0.3, 0.4) is 0 Å². The van der Waals surface area contributed by atoms with Gasteiger partial charge in [0.25, 0.3) is 5.91 Å². The standard InChI is InChI=1S/C20H22N2O3/c1-14(22-12-16-9-5-6-10-18(16)20(22)25)19(24)21-17(13-23)11-15-7-3-2-4-8-15/h2-10,14,17,23H,11-13H2,1H3,(H,21,24). The van der Waals surface area contributed by atoms with E-state index in [4.69, 9.17) is 0 Å². The van der Waals surface area contributed by atoms with Crippen LogP contribution in [0.25, 0.3) is 0 Å². The first-order valence-electron chi connectivity index (χ1n) is 8.44. The van der Waals surface area contributed by atoms with Crippen LogP contribution in [0.2, 0.25) is 0 Å². The van der Waals surface area contributed by atoms with Gasteiger partial charge in [0.05, 0.1) is 12.6 Å². The third-order valence-electron chi connectivity index (χ3n) is 4.59. The zero-order valence-electron chi connectivity index (χ0n) is 14.2. The number of aliphatic hydroxyl groups excluding tert-OH is 1. The quantitative estimate of drug-likeness (QED) is 0.843. The molecule has 0 aromatic heterocycles. The molecule has 0 saturated heterocycles. The van der Waals surface area contributed by atoms with E-state index < -0.39 is 6.04 Å². The number of nitrogens with one attached hydrogen (secondary N) is 1. The number of hydrogen-bond acceptors (Lipinski definition) is 3. The number of rotatable bonds is 6. The molecule has 2 aromatic rings. The van der Waals surface area contributed by atoms with E-state index in [1.807, 2.05) is 48.5 Å². The smallest absolute Gasteiger partial charge is 0.255 e. The third kappa shape index (κ3) is 3.72. The molecule has 5 nitrogen and oxygen atoms in total. The molecule has 25 heavy (non-hydrogen) atoms. The normalized spacial score (nSPS) is 15.6. The van der Waals surface area contributed by atoms with Crippen LogP contribution < -0.4 is 5.32 Å². The van der Waals surface area contributed by atoms with Gasteiger partial charge < -0.3 is 15.3 Å². The van der Waals surface area contributed by atoms with Crippen molar-refractivity contribution in [2.45, 2.75) is 32.0 Å². The summed E-state index contributed by atoms with van der Waals surface area (Å²) in [5.41, 5.74) is 2.64. The summed E-state index contributed by atoms with van der Waals surface area (Å²) in [5, 5.41) is 12.4. The third-order valence-corrected chi connectivity index (χ3v) is 4.59. The van der Waals surface area contributed by atoms with Gasteiger partial charge in [0.1, 0.15) is 6.04 Å². The summed E-state index contributed by atoms with van der Waals surface area (Å²) in [7, 11) is 0. The second-order valence-electron chi connectivity index (χ2n) is 6.34. The second-order valence-corrected chi connectivity index (χ2v) is 6.34. The van der Waals surface area contributed by atoms with Gasteiger partial charge in [-0.3, -0.25) is 9.59 Å². The molecule has 3 rings (SSSR count). The van der Waals surface area contributed by atoms with E-state index in [2.05, 4.69) is 5.32 Å². The van der Waals surface area contributed by atoms with Gasteiger partial charge in [-0.25, -0.2) is 0 Å². The van der Waals surface area contributed by atoms with Gasteiger partial charge >= 0.3 is 0 Å². The van der Waals surface area contributed by atoms with E-state index in [0.717, 1.165) is 11.1 Å². The van der Waals surface area contributed by atoms with E-state index in [0.29, 0.717) is 18.5 Å². The molecule has 1 aliphatic rings. The van der Waals surface area contributed by atoms with Crippen molar-refractivity contribution < 1.29 is 14.7 Å². The molecule has 130 valence electrons. The number of hydrogen-bond donors (Lipinski definition) is 2. The van der Waals surface area contributed by atoms with Gasteiger partial charge in [-0.1, -0.05) is 48.5 Å². The predicted molar refractivity (Wildman–Crippen MR) is 94.9 cm³/mol. The first-order valence-corrected chi connectivity index (χ1v) is 8.44. The maximum Gasteiger partial charge on any atom is 0.255 e. The Labute approximate surface area is 147 Å². The lowest BCUT2D eigenvalue weighted by atomic mass is 10.1. The average Bonchev–Trinajstić information content (AvgIpc) is 2.98. The van der Waals surface area contributed by atoms with Gasteiger partial charge in [-0.05, 0) is 30.5 Å². The van der Waals surface area contributed by atoms with Crippen LogP contribution in [0.1, 0.15) is 28.4 Å². The van der Waals surface area contributed by atoms with E-state index in [-0.39, 0.29) is 24.5 Å². The maximum atomic E-state index is 12.6. The van der Waals surface area contributed by atoms with Crippen molar-refractivity contribution in [2.24, 2.45) is 0 Å². The molecular formula is C20H22N2O3. The van der Waals surface area contributed by atoms with Crippen molar-refractivity contribution in [3.8, 4) is 0 Å². The number of benzene rings is 2. The summed E-state index contributed by atoms with van der Waals surface area (Å²) < 4.78 is 0. The summed E-state index contributed by atoms with van der Waals surface area (Å²) in [6.45, 7) is 2.00. The minimum Gasteiger partial charge on any atom is -0.394 e. The zero-order chi connectivity index (χ0) is 17.8. The molecule has 1 aliphatic heterocycles. The molecule has 0 spiro atoms. The number of nitrogens with zero attached hydrogens (tertiary/aromatic N) is 1. The minimum atomic E-state index is -0.593. The molecule has 0 radical (unpaired) electrons. The van der Waals surface area contributed by atoms with E-state index >= 15 is 0 Å². The summed E-state index contributed by atoms with van der Waals surface area (Å²) in [4.78, 5) is 26.6. The van der Waals surface area contributed by atoms with Crippen molar-refractivity contribution >= 4 is 11.8 Å². The van der Waals surface area contributed by atoms with Crippen LogP contribution in [0.4, 0.5) is 0 Å². The Hall–Kier alpha value is -2.66. The molecule has 2 N–H and O–H groups in total. The molecule has 0 saturated carbocycles. The molecule has 2 unspecified atom stereocenters. The van der Waals surface area contributed by atoms with Crippen LogP contribution >= 0.6 is 0 Å². The highest BCUT2D eigenvalue weighted by molar-refractivity contribution is 6.01. The fraction of sp³-hybridized carbons (Fsp3) is 0.300. The molecule has 2 amide bonds. The highest BCUT2D eigenvalue weighted by Crippen LogP contribution is 2.24. The first-order chi connectivity index (χ1) is 12.1. The number of aliphatic hydroxyl groups is 1. The number of carbonyl (C=O) groups is 2. The van der Waals surface area contributed by atoms with Crippen molar-refractivity contribution in [3.63, 3.8) is 0 Å². The number of amides is 2. The molecule has 2 atom stereocenters. The van der Waals surface area contributed by atoms with Crippen LogP contribution in [0, 0.1) is 0 Å². The fourth-order valence-corrected chi connectivity index (χ4v) is 3.11. The Morgan fingerprint density at radius 3 is 2.52 bits per heavy atom. The van der Waals surface area contributed by atoms with Gasteiger partial charge in [0, 0.05) is 12.1 Å². The molecule has 1 heterocycles. The lowest BCUT2D eigenvalue weighted by Crippen LogP contribution is -2.49. The Morgan fingerprint density at radius 2 is 1.84 bits per heavy atom. The van der Waals surface area contributed by atoms with Crippen molar-refractivity contribution in [3.05, 3.63) is 71.3 Å². The lowest BCUT2D eigenvalue weighted by Gasteiger charge is -2.26. The maximum absolute atomic E-state index is 12.6. The Bertz CT molecular complexity index is 761. The van der Waals surface area contributed by atoms with Crippen molar-refractivity contribution in [1.29, 1.82) is 0 Å². The van der Waals surface area contributed by atoms with Crippen LogP contribution in [0.5, 0.6) is 0 Å². The molecule has 0 fully saturated rings. The van der Waals surface area contributed by atoms with Gasteiger partial charge in [-0.2, -0.15) is 0 Å². The van der Waals surface area contributed by atoms with E-state index in [1.165, 1.54) is 0 Å². The highest BCUT2D eigenvalue weighted by Gasteiger charge is 2.34. The van der Waals surface area contributed by atoms with Gasteiger partial charge in [0.15, 0.2) is 0 Å². The number of fused-ring (bicyclic) bond motifs is 1. The lowest BCUT2D eigenvalue weighted by molar-refractivity contribution is -0.126. The summed E-state index contributed by atoms with van der Waals surface area (Å²) in [6, 6.07) is 16.1. The first kappa shape index (κ1) is 17.2. The van der Waals surface area contributed by atoms with E-state index in [9.17, 15) is 14.7 Å². The van der Waals surface area contributed by atoms with Crippen LogP contribution in [-0.2, 0) is 17.8 Å². The van der Waals surface area contributed by atoms with Gasteiger partial charge in [0.2, 0.25) is 5.91 Å². The Kier molecular flexibility index (Phi) is 5.14. The van der Waals surface area contributed by atoms with Crippen LogP contribution in [0.15, 0.2) is 54.6 Å². The fourth-order valence-electron chi connectivity index (χ4n) is 3.11. The topological polar surface area (TPSA) is 69.6 Å². The second kappa shape index (κ2) is 7.49. The van der Waals surface area contributed by atoms with Crippen LogP contribution in [-0.4, -0.2) is 40.5 Å². The van der Waals surface area contributed by atoms with E-state index in [1.54, 1.807) is 17.9 Å². The molecule has 2 aromatic carbocycles. The summed E-state index contributed by atoms with van der Waals surface area (Å²) in [5.74, 6) is -0.377. The predicted octanol–water partition coefficient (Wildman–Crippen LogP) is 1.75. The SMILES string of the molecule is CC(C(=O)NC(CO)Cc1ccccc1)N1Cc2ccccc2C1=O. The average molecular weight is 338 g/mol. The Morgan fingerprint density at radius 1 is 1.16 bits per heavy atom. The molecule has 0 aliphatic carbocycles. The molecule has 5 heteroatoms. The summed E-state index contributed by atoms with van der Waals surface area (Å²) in [6.07, 6.45) is 0.546. The summed E-state index contributed by atoms with van der Waals surface area (Å²) >= 11 is 0. The zero-order valence-corrected chi connectivity index (χ0v) is 14.2. The highest BCUT2D eigenvalue weighted by atomic mass is 16.3. The monoisotopic (exact) mass is 338 g/mol. The van der Waals surface area contributed by atoms with Crippen molar-refractivity contribution in [2.75, 3.05) is 6.61 Å².